The van der Waals surface area contributed by atoms with E-state index in [0.717, 1.165) is 12.0 Å². The van der Waals surface area contributed by atoms with E-state index >= 15 is 0 Å². The first-order chi connectivity index (χ1) is 6.17. The van der Waals surface area contributed by atoms with Gasteiger partial charge in [-0.25, -0.2) is 0 Å². The lowest BCUT2D eigenvalue weighted by atomic mass is 9.95. The van der Waals surface area contributed by atoms with Crippen molar-refractivity contribution in [3.05, 3.63) is 48.0 Å². The van der Waals surface area contributed by atoms with E-state index < -0.39 is 5.60 Å². The quantitative estimate of drug-likeness (QED) is 0.702. The van der Waals surface area contributed by atoms with Crippen LogP contribution in [0.1, 0.15) is 25.8 Å². The second-order valence-corrected chi connectivity index (χ2v) is 3.32. The molecule has 1 atom stereocenters. The highest BCUT2D eigenvalue weighted by molar-refractivity contribution is 5.25. The van der Waals surface area contributed by atoms with Gasteiger partial charge in [-0.2, -0.15) is 0 Å². The summed E-state index contributed by atoms with van der Waals surface area (Å²) >= 11 is 0. The molecular formula is C12H16O. The van der Waals surface area contributed by atoms with Crippen LogP contribution in [0.25, 0.3) is 0 Å². The fourth-order valence-corrected chi connectivity index (χ4v) is 1.22. The summed E-state index contributed by atoms with van der Waals surface area (Å²) in [4.78, 5) is 0. The summed E-state index contributed by atoms with van der Waals surface area (Å²) in [7, 11) is 0. The third-order valence-electron chi connectivity index (χ3n) is 2.04. The molecule has 0 spiro atoms. The Balaban J connectivity index is 2.87. The lowest BCUT2D eigenvalue weighted by molar-refractivity contribution is 0.111. The molecule has 1 aromatic carbocycles. The fourth-order valence-electron chi connectivity index (χ4n) is 1.22. The van der Waals surface area contributed by atoms with Crippen LogP contribution < -0.4 is 0 Å². The molecule has 0 saturated heterocycles. The first-order valence-corrected chi connectivity index (χ1v) is 4.62. The minimum atomic E-state index is -0.836. The molecule has 0 bridgehead atoms. The van der Waals surface area contributed by atoms with Crippen LogP contribution in [-0.4, -0.2) is 5.11 Å². The predicted octanol–water partition coefficient (Wildman–Crippen LogP) is 2.86. The predicted molar refractivity (Wildman–Crippen MR) is 55.4 cm³/mol. The van der Waals surface area contributed by atoms with Gasteiger partial charge in [-0.05, 0) is 18.9 Å². The van der Waals surface area contributed by atoms with E-state index in [1.54, 1.807) is 6.92 Å². The zero-order chi connectivity index (χ0) is 9.73. The van der Waals surface area contributed by atoms with E-state index in [-0.39, 0.29) is 0 Å². The van der Waals surface area contributed by atoms with Gasteiger partial charge in [0.2, 0.25) is 0 Å². The molecule has 0 heterocycles. The standard InChI is InChI=1S/C12H16O/c1-3-4-10-12(2,13)11-8-6-5-7-9-11/h4-10,13H,3H2,1-2H3/b10-4+/t12-/m1/s1. The molecule has 0 aromatic heterocycles. The molecule has 70 valence electrons. The van der Waals surface area contributed by atoms with E-state index in [9.17, 15) is 5.11 Å². The normalized spacial score (nSPS) is 15.9. The van der Waals surface area contributed by atoms with Gasteiger partial charge in [0.25, 0.3) is 0 Å². The van der Waals surface area contributed by atoms with Crippen LogP contribution in [0, 0.1) is 0 Å². The molecule has 1 rings (SSSR count). The Hall–Kier alpha value is -1.08. The molecule has 0 saturated carbocycles. The van der Waals surface area contributed by atoms with Gasteiger partial charge in [0.05, 0.1) is 0 Å². The highest BCUT2D eigenvalue weighted by atomic mass is 16.3. The van der Waals surface area contributed by atoms with Gasteiger partial charge in [0.1, 0.15) is 5.60 Å². The highest BCUT2D eigenvalue weighted by Gasteiger charge is 2.17. The van der Waals surface area contributed by atoms with Crippen molar-refractivity contribution in [2.75, 3.05) is 0 Å². The molecule has 1 heteroatoms. The molecule has 0 aliphatic heterocycles. The molecule has 13 heavy (non-hydrogen) atoms. The average molecular weight is 176 g/mol. The number of aliphatic hydroxyl groups is 1. The Bertz CT molecular complexity index is 272. The second kappa shape index (κ2) is 4.24. The Morgan fingerprint density at radius 1 is 1.31 bits per heavy atom. The van der Waals surface area contributed by atoms with Crippen LogP contribution in [0.2, 0.25) is 0 Å². The third-order valence-corrected chi connectivity index (χ3v) is 2.04. The maximum absolute atomic E-state index is 10.0. The van der Waals surface area contributed by atoms with Crippen molar-refractivity contribution in [2.45, 2.75) is 25.9 Å². The molecule has 0 fully saturated rings. The van der Waals surface area contributed by atoms with Gasteiger partial charge in [0, 0.05) is 0 Å². The number of hydrogen-bond donors (Lipinski definition) is 1. The fraction of sp³-hybridized carbons (Fsp3) is 0.333. The SMILES string of the molecule is CC/C=C/[C@@](C)(O)c1ccccc1. The maximum atomic E-state index is 10.0. The lowest BCUT2D eigenvalue weighted by Crippen LogP contribution is -2.17. The first kappa shape index (κ1) is 10.0. The highest BCUT2D eigenvalue weighted by Crippen LogP contribution is 2.21. The molecule has 0 radical (unpaired) electrons. The molecule has 0 aliphatic carbocycles. The number of rotatable bonds is 3. The monoisotopic (exact) mass is 176 g/mol. The Morgan fingerprint density at radius 3 is 2.46 bits per heavy atom. The summed E-state index contributed by atoms with van der Waals surface area (Å²) in [6.07, 6.45) is 4.76. The van der Waals surface area contributed by atoms with Crippen LogP contribution in [-0.2, 0) is 5.60 Å². The Kier molecular flexibility index (Phi) is 3.26. The summed E-state index contributed by atoms with van der Waals surface area (Å²) in [6, 6.07) is 9.68. The molecule has 0 amide bonds. The van der Waals surface area contributed by atoms with Crippen LogP contribution in [0.3, 0.4) is 0 Å². The summed E-state index contributed by atoms with van der Waals surface area (Å²) in [5.74, 6) is 0. The largest absolute Gasteiger partial charge is 0.381 e. The summed E-state index contributed by atoms with van der Waals surface area (Å²) in [6.45, 7) is 3.85. The molecular weight excluding hydrogens is 160 g/mol. The van der Waals surface area contributed by atoms with E-state index in [1.807, 2.05) is 42.5 Å². The molecule has 1 nitrogen and oxygen atoms in total. The first-order valence-electron chi connectivity index (χ1n) is 4.62. The number of benzene rings is 1. The maximum Gasteiger partial charge on any atom is 0.105 e. The summed E-state index contributed by atoms with van der Waals surface area (Å²) in [5, 5.41) is 10.0. The smallest absolute Gasteiger partial charge is 0.105 e. The summed E-state index contributed by atoms with van der Waals surface area (Å²) in [5.41, 5.74) is 0.0942. The van der Waals surface area contributed by atoms with Gasteiger partial charge in [-0.1, -0.05) is 49.4 Å². The van der Waals surface area contributed by atoms with Gasteiger partial charge in [0.15, 0.2) is 0 Å². The van der Waals surface area contributed by atoms with Crippen LogP contribution in [0.15, 0.2) is 42.5 Å². The second-order valence-electron chi connectivity index (χ2n) is 3.32. The van der Waals surface area contributed by atoms with E-state index in [4.69, 9.17) is 0 Å². The summed E-state index contributed by atoms with van der Waals surface area (Å²) < 4.78 is 0. The van der Waals surface area contributed by atoms with Crippen molar-refractivity contribution in [1.29, 1.82) is 0 Å². The number of hydrogen-bond acceptors (Lipinski definition) is 1. The van der Waals surface area contributed by atoms with Gasteiger partial charge in [-0.3, -0.25) is 0 Å². The van der Waals surface area contributed by atoms with Crippen LogP contribution in [0.5, 0.6) is 0 Å². The zero-order valence-corrected chi connectivity index (χ0v) is 8.20. The van der Waals surface area contributed by atoms with Crippen LogP contribution in [0.4, 0.5) is 0 Å². The molecule has 1 aromatic rings. The van der Waals surface area contributed by atoms with Gasteiger partial charge >= 0.3 is 0 Å². The zero-order valence-electron chi connectivity index (χ0n) is 8.20. The van der Waals surface area contributed by atoms with Crippen molar-refractivity contribution in [2.24, 2.45) is 0 Å². The van der Waals surface area contributed by atoms with Crippen molar-refractivity contribution >= 4 is 0 Å². The minimum Gasteiger partial charge on any atom is -0.381 e. The third kappa shape index (κ3) is 2.71. The van der Waals surface area contributed by atoms with E-state index in [0.29, 0.717) is 0 Å². The van der Waals surface area contributed by atoms with Gasteiger partial charge < -0.3 is 5.11 Å². The molecule has 1 N–H and O–H groups in total. The van der Waals surface area contributed by atoms with Crippen molar-refractivity contribution in [1.82, 2.24) is 0 Å². The molecule has 0 aliphatic rings. The molecule has 0 unspecified atom stereocenters. The number of allylic oxidation sites excluding steroid dienone is 1. The van der Waals surface area contributed by atoms with Crippen LogP contribution >= 0.6 is 0 Å². The average Bonchev–Trinajstić information content (AvgIpc) is 2.16. The van der Waals surface area contributed by atoms with E-state index in [1.165, 1.54) is 0 Å². The van der Waals surface area contributed by atoms with Gasteiger partial charge in [-0.15, -0.1) is 0 Å². The van der Waals surface area contributed by atoms with E-state index in [2.05, 4.69) is 6.92 Å². The minimum absolute atomic E-state index is 0.836. The Labute approximate surface area is 79.7 Å². The van der Waals surface area contributed by atoms with Crippen molar-refractivity contribution < 1.29 is 5.11 Å². The topological polar surface area (TPSA) is 20.2 Å². The Morgan fingerprint density at radius 2 is 1.92 bits per heavy atom. The van der Waals surface area contributed by atoms with Crippen molar-refractivity contribution in [3.8, 4) is 0 Å². The lowest BCUT2D eigenvalue weighted by Gasteiger charge is -2.19. The van der Waals surface area contributed by atoms with Crippen molar-refractivity contribution in [3.63, 3.8) is 0 Å².